The average molecular weight is 225 g/mol. The predicted octanol–water partition coefficient (Wildman–Crippen LogP) is -1.56. The van der Waals surface area contributed by atoms with E-state index >= 15 is 0 Å². The molecule has 0 aromatic carbocycles. The van der Waals surface area contributed by atoms with Gasteiger partial charge in [0.25, 0.3) is 11.8 Å². The van der Waals surface area contributed by atoms with Gasteiger partial charge in [0, 0.05) is 6.20 Å². The number of pyridine rings is 1. The number of amides is 2. The van der Waals surface area contributed by atoms with Crippen molar-refractivity contribution >= 4 is 11.8 Å². The molecule has 16 heavy (non-hydrogen) atoms. The second-order valence-corrected chi connectivity index (χ2v) is 2.76. The molecule has 0 aliphatic rings. The van der Waals surface area contributed by atoms with Crippen LogP contribution >= 0.6 is 0 Å². The highest BCUT2D eigenvalue weighted by Crippen LogP contribution is 2.00. The van der Waals surface area contributed by atoms with E-state index in [0.717, 1.165) is 0 Å². The molecule has 0 radical (unpaired) electrons. The summed E-state index contributed by atoms with van der Waals surface area (Å²) in [6, 6.07) is 2.74. The summed E-state index contributed by atoms with van der Waals surface area (Å²) in [6.07, 6.45) is 1.21. The number of aromatic nitrogens is 1. The third-order valence-corrected chi connectivity index (χ3v) is 1.74. The van der Waals surface area contributed by atoms with Gasteiger partial charge in [-0.15, -0.1) is 0 Å². The van der Waals surface area contributed by atoms with Crippen molar-refractivity contribution in [3.8, 4) is 0 Å². The molecule has 7 heteroatoms. The Morgan fingerprint density at radius 3 is 2.25 bits per heavy atom. The number of aliphatic hydroxyl groups is 2. The Kier molecular flexibility index (Phi) is 4.37. The van der Waals surface area contributed by atoms with E-state index in [1.807, 2.05) is 0 Å². The molecule has 1 rings (SSSR count). The minimum atomic E-state index is -0.531. The highest BCUT2D eigenvalue weighted by molar-refractivity contribution is 5.96. The Balaban J connectivity index is 2.75. The summed E-state index contributed by atoms with van der Waals surface area (Å²) in [5.41, 5.74) is 0.323. The van der Waals surface area contributed by atoms with Crippen molar-refractivity contribution in [3.05, 3.63) is 29.6 Å². The molecular weight excluding hydrogens is 214 g/mol. The van der Waals surface area contributed by atoms with Gasteiger partial charge in [0.2, 0.25) is 0 Å². The van der Waals surface area contributed by atoms with E-state index in [1.165, 1.54) is 18.3 Å². The van der Waals surface area contributed by atoms with Crippen LogP contribution < -0.4 is 10.6 Å². The van der Waals surface area contributed by atoms with E-state index in [-0.39, 0.29) is 11.3 Å². The maximum absolute atomic E-state index is 11.2. The van der Waals surface area contributed by atoms with E-state index in [0.29, 0.717) is 0 Å². The van der Waals surface area contributed by atoms with Gasteiger partial charge in [-0.25, -0.2) is 0 Å². The van der Waals surface area contributed by atoms with Crippen LogP contribution in [0.5, 0.6) is 0 Å². The third kappa shape index (κ3) is 3.01. The smallest absolute Gasteiger partial charge is 0.271 e. The lowest BCUT2D eigenvalue weighted by molar-refractivity contribution is 0.0892. The zero-order valence-electron chi connectivity index (χ0n) is 8.30. The van der Waals surface area contributed by atoms with Gasteiger partial charge < -0.3 is 20.8 Å². The summed E-state index contributed by atoms with van der Waals surface area (Å²) in [6.45, 7) is -0.946. The van der Waals surface area contributed by atoms with Gasteiger partial charge in [0.1, 0.15) is 19.2 Å². The molecule has 7 nitrogen and oxygen atoms in total. The molecule has 4 N–H and O–H groups in total. The lowest BCUT2D eigenvalue weighted by Gasteiger charge is -2.03. The molecule has 1 aromatic rings. The van der Waals surface area contributed by atoms with Crippen LogP contribution in [0.2, 0.25) is 0 Å². The number of hydrogen-bond acceptors (Lipinski definition) is 5. The van der Waals surface area contributed by atoms with Crippen LogP contribution in [-0.4, -0.2) is 40.5 Å². The Bertz CT molecular complexity index is 340. The van der Waals surface area contributed by atoms with Crippen molar-refractivity contribution < 1.29 is 19.8 Å². The highest BCUT2D eigenvalue weighted by Gasteiger charge is 2.08. The maximum atomic E-state index is 11.2. The van der Waals surface area contributed by atoms with Crippen molar-refractivity contribution in [3.63, 3.8) is 0 Å². The lowest BCUT2D eigenvalue weighted by Crippen LogP contribution is -2.26. The summed E-state index contributed by atoms with van der Waals surface area (Å²) in [5, 5.41) is 21.2. The number of rotatable bonds is 4. The summed E-state index contributed by atoms with van der Waals surface area (Å²) in [5.74, 6) is -1.01. The van der Waals surface area contributed by atoms with Crippen molar-refractivity contribution in [1.82, 2.24) is 15.6 Å². The SMILES string of the molecule is O=C(NCO)c1ccc(C(=O)NCO)nc1. The molecule has 0 fully saturated rings. The van der Waals surface area contributed by atoms with Crippen molar-refractivity contribution in [2.24, 2.45) is 0 Å². The quantitative estimate of drug-likeness (QED) is 0.463. The van der Waals surface area contributed by atoms with Crippen LogP contribution in [0.3, 0.4) is 0 Å². The van der Waals surface area contributed by atoms with Gasteiger partial charge in [0.15, 0.2) is 0 Å². The van der Waals surface area contributed by atoms with Gasteiger partial charge in [-0.1, -0.05) is 0 Å². The number of carbonyl (C=O) groups is 2. The van der Waals surface area contributed by atoms with E-state index in [9.17, 15) is 9.59 Å². The highest BCUT2D eigenvalue weighted by atomic mass is 16.3. The third-order valence-electron chi connectivity index (χ3n) is 1.74. The van der Waals surface area contributed by atoms with Gasteiger partial charge >= 0.3 is 0 Å². The van der Waals surface area contributed by atoms with Crippen molar-refractivity contribution in [2.45, 2.75) is 0 Å². The van der Waals surface area contributed by atoms with Crippen LogP contribution in [0.15, 0.2) is 18.3 Å². The summed E-state index contributed by atoms with van der Waals surface area (Å²) in [7, 11) is 0. The first-order valence-corrected chi connectivity index (χ1v) is 4.43. The Morgan fingerprint density at radius 2 is 1.75 bits per heavy atom. The summed E-state index contributed by atoms with van der Waals surface area (Å²) < 4.78 is 0. The molecule has 0 aliphatic carbocycles. The van der Waals surface area contributed by atoms with Gasteiger partial charge in [-0.3, -0.25) is 14.6 Å². The molecule has 0 saturated carbocycles. The van der Waals surface area contributed by atoms with E-state index in [4.69, 9.17) is 10.2 Å². The van der Waals surface area contributed by atoms with E-state index in [1.54, 1.807) is 0 Å². The Labute approximate surface area is 91.1 Å². The summed E-state index contributed by atoms with van der Waals surface area (Å²) in [4.78, 5) is 26.1. The van der Waals surface area contributed by atoms with Crippen molar-refractivity contribution in [1.29, 1.82) is 0 Å². The van der Waals surface area contributed by atoms with Crippen LogP contribution in [0.1, 0.15) is 20.8 Å². The standard InChI is InChI=1S/C9H11N3O4/c13-4-11-8(15)6-1-2-7(10-3-6)9(16)12-5-14/h1-3,13-14H,4-5H2,(H,11,15)(H,12,16). The number of carbonyl (C=O) groups excluding carboxylic acids is 2. The average Bonchev–Trinajstić information content (AvgIpc) is 2.30. The Hall–Kier alpha value is -1.99. The maximum Gasteiger partial charge on any atom is 0.271 e. The molecule has 2 amide bonds. The second kappa shape index (κ2) is 5.79. The first-order valence-electron chi connectivity index (χ1n) is 4.43. The molecule has 0 unspecified atom stereocenters. The molecule has 0 bridgehead atoms. The number of nitrogens with zero attached hydrogens (tertiary/aromatic N) is 1. The van der Waals surface area contributed by atoms with Gasteiger partial charge in [-0.2, -0.15) is 0 Å². The zero-order chi connectivity index (χ0) is 12.0. The Morgan fingerprint density at radius 1 is 1.12 bits per heavy atom. The normalized spacial score (nSPS) is 9.62. The molecular formula is C9H11N3O4. The van der Waals surface area contributed by atoms with E-state index in [2.05, 4.69) is 15.6 Å². The molecule has 1 heterocycles. The zero-order valence-corrected chi connectivity index (χ0v) is 8.30. The van der Waals surface area contributed by atoms with Crippen LogP contribution in [0.4, 0.5) is 0 Å². The second-order valence-electron chi connectivity index (χ2n) is 2.76. The first-order chi connectivity index (χ1) is 7.69. The number of nitrogens with one attached hydrogen (secondary N) is 2. The predicted molar refractivity (Wildman–Crippen MR) is 53.3 cm³/mol. The first kappa shape index (κ1) is 12.1. The van der Waals surface area contributed by atoms with E-state index < -0.39 is 25.3 Å². The van der Waals surface area contributed by atoms with Crippen molar-refractivity contribution in [2.75, 3.05) is 13.5 Å². The van der Waals surface area contributed by atoms with Gasteiger partial charge in [-0.05, 0) is 12.1 Å². The number of aliphatic hydroxyl groups excluding tert-OH is 2. The molecule has 0 spiro atoms. The molecule has 1 aromatic heterocycles. The minimum Gasteiger partial charge on any atom is -0.376 e. The summed E-state index contributed by atoms with van der Waals surface area (Å²) >= 11 is 0. The largest absolute Gasteiger partial charge is 0.376 e. The topological polar surface area (TPSA) is 112 Å². The molecule has 86 valence electrons. The van der Waals surface area contributed by atoms with Crippen LogP contribution in [0, 0.1) is 0 Å². The minimum absolute atomic E-state index is 0.0922. The lowest BCUT2D eigenvalue weighted by atomic mass is 10.2. The fourth-order valence-electron chi connectivity index (χ4n) is 0.999. The molecule has 0 aliphatic heterocycles. The monoisotopic (exact) mass is 225 g/mol. The van der Waals surface area contributed by atoms with Gasteiger partial charge in [0.05, 0.1) is 5.56 Å². The van der Waals surface area contributed by atoms with Crippen LogP contribution in [0.25, 0.3) is 0 Å². The fraction of sp³-hybridized carbons (Fsp3) is 0.222. The number of hydrogen-bond donors (Lipinski definition) is 4. The van der Waals surface area contributed by atoms with Crippen LogP contribution in [-0.2, 0) is 0 Å². The molecule has 0 saturated heterocycles. The molecule has 0 atom stereocenters. The fourth-order valence-corrected chi connectivity index (χ4v) is 0.999.